The molecule has 3 rings (SSSR count). The third kappa shape index (κ3) is 2.49. The van der Waals surface area contributed by atoms with E-state index in [0.717, 1.165) is 16.5 Å². The number of nitrogens with one attached hydrogen (secondary N) is 1. The number of anilines is 1. The van der Waals surface area contributed by atoms with Crippen LogP contribution in [0.4, 0.5) is 5.69 Å². The van der Waals surface area contributed by atoms with Gasteiger partial charge in [-0.1, -0.05) is 30.3 Å². The number of nitrogen functional groups attached to an aromatic ring is 1. The predicted octanol–water partition coefficient (Wildman–Crippen LogP) is 3.11. The van der Waals surface area contributed by atoms with Gasteiger partial charge in [0.25, 0.3) is 0 Å². The van der Waals surface area contributed by atoms with Crippen LogP contribution in [0.1, 0.15) is 16.1 Å². The molecule has 0 aliphatic carbocycles. The largest absolute Gasteiger partial charge is 0.456 e. The summed E-state index contributed by atoms with van der Waals surface area (Å²) in [5.74, 6) is -0.372. The highest BCUT2D eigenvalue weighted by Gasteiger charge is 2.11. The normalized spacial score (nSPS) is 10.6. The van der Waals surface area contributed by atoms with Crippen molar-refractivity contribution >= 4 is 22.6 Å². The first-order chi connectivity index (χ1) is 9.72. The molecule has 4 nitrogen and oxygen atoms in total. The topological polar surface area (TPSA) is 68.1 Å². The number of H-pyrrole nitrogens is 1. The number of ether oxygens (including phenoxy) is 1. The van der Waals surface area contributed by atoms with Crippen molar-refractivity contribution in [3.63, 3.8) is 0 Å². The van der Waals surface area contributed by atoms with Gasteiger partial charge in [0.05, 0.1) is 0 Å². The third-order valence-corrected chi connectivity index (χ3v) is 3.08. The molecule has 0 saturated heterocycles. The molecule has 1 aromatic heterocycles. The minimum atomic E-state index is -0.372. The molecule has 2 aromatic carbocycles. The zero-order valence-electron chi connectivity index (χ0n) is 10.8. The maximum Gasteiger partial charge on any atom is 0.355 e. The minimum absolute atomic E-state index is 0.261. The Hall–Kier alpha value is -2.75. The van der Waals surface area contributed by atoms with Crippen LogP contribution < -0.4 is 5.73 Å². The van der Waals surface area contributed by atoms with Crippen molar-refractivity contribution in [2.24, 2.45) is 0 Å². The highest BCUT2D eigenvalue weighted by molar-refractivity contribution is 5.95. The second-order valence-corrected chi connectivity index (χ2v) is 4.59. The Morgan fingerprint density at radius 1 is 1.10 bits per heavy atom. The molecule has 100 valence electrons. The van der Waals surface area contributed by atoms with Crippen LogP contribution >= 0.6 is 0 Å². The second kappa shape index (κ2) is 5.09. The number of rotatable bonds is 3. The number of nitrogens with two attached hydrogens (primary N) is 1. The summed E-state index contributed by atoms with van der Waals surface area (Å²) >= 11 is 0. The number of carbonyl (C=O) groups is 1. The number of hydrogen-bond donors (Lipinski definition) is 2. The Morgan fingerprint density at radius 3 is 2.70 bits per heavy atom. The van der Waals surface area contributed by atoms with E-state index in [1.807, 2.05) is 42.5 Å². The molecule has 0 amide bonds. The summed E-state index contributed by atoms with van der Waals surface area (Å²) in [6, 6.07) is 16.8. The van der Waals surface area contributed by atoms with Crippen LogP contribution in [0.25, 0.3) is 10.9 Å². The van der Waals surface area contributed by atoms with Crippen LogP contribution in [0.15, 0.2) is 54.6 Å². The van der Waals surface area contributed by atoms with E-state index >= 15 is 0 Å². The average molecular weight is 266 g/mol. The molecular weight excluding hydrogens is 252 g/mol. The molecule has 0 atom stereocenters. The standard InChI is InChI=1S/C16H14N2O2/c17-13-6-7-14-12(8-13)9-15(18-14)16(19)20-10-11-4-2-1-3-5-11/h1-9,18H,10,17H2. The molecule has 3 N–H and O–H groups in total. The molecule has 20 heavy (non-hydrogen) atoms. The Kier molecular flexibility index (Phi) is 3.13. The van der Waals surface area contributed by atoms with Gasteiger partial charge in [-0.2, -0.15) is 0 Å². The van der Waals surface area contributed by atoms with Gasteiger partial charge in [-0.15, -0.1) is 0 Å². The molecule has 0 fully saturated rings. The van der Waals surface area contributed by atoms with E-state index < -0.39 is 0 Å². The lowest BCUT2D eigenvalue weighted by Crippen LogP contribution is -2.05. The molecule has 0 bridgehead atoms. The Labute approximate surface area is 116 Å². The van der Waals surface area contributed by atoms with Crippen LogP contribution in [-0.4, -0.2) is 11.0 Å². The van der Waals surface area contributed by atoms with Crippen LogP contribution in [0.5, 0.6) is 0 Å². The fourth-order valence-corrected chi connectivity index (χ4v) is 2.06. The number of fused-ring (bicyclic) bond motifs is 1. The molecule has 0 radical (unpaired) electrons. The lowest BCUT2D eigenvalue weighted by molar-refractivity contribution is 0.0467. The van der Waals surface area contributed by atoms with Gasteiger partial charge in [0.1, 0.15) is 12.3 Å². The van der Waals surface area contributed by atoms with Crippen molar-refractivity contribution in [1.29, 1.82) is 0 Å². The van der Waals surface area contributed by atoms with E-state index in [-0.39, 0.29) is 12.6 Å². The first kappa shape index (κ1) is 12.3. The summed E-state index contributed by atoms with van der Waals surface area (Å²) in [5.41, 5.74) is 8.64. The van der Waals surface area contributed by atoms with Gasteiger partial charge in [0.15, 0.2) is 0 Å². The summed E-state index contributed by atoms with van der Waals surface area (Å²) in [4.78, 5) is 15.0. The lowest BCUT2D eigenvalue weighted by atomic mass is 10.2. The smallest absolute Gasteiger partial charge is 0.355 e. The van der Waals surface area contributed by atoms with Crippen molar-refractivity contribution in [1.82, 2.24) is 4.98 Å². The first-order valence-corrected chi connectivity index (χ1v) is 6.32. The zero-order chi connectivity index (χ0) is 13.9. The van der Waals surface area contributed by atoms with Crippen LogP contribution in [0.3, 0.4) is 0 Å². The summed E-state index contributed by atoms with van der Waals surface area (Å²) in [6.45, 7) is 0.261. The molecule has 0 spiro atoms. The molecule has 1 heterocycles. The van der Waals surface area contributed by atoms with E-state index in [2.05, 4.69) is 4.98 Å². The number of carbonyl (C=O) groups excluding carboxylic acids is 1. The summed E-state index contributed by atoms with van der Waals surface area (Å²) in [6.07, 6.45) is 0. The van der Waals surface area contributed by atoms with Gasteiger partial charge in [-0.05, 0) is 29.8 Å². The Morgan fingerprint density at radius 2 is 1.90 bits per heavy atom. The predicted molar refractivity (Wildman–Crippen MR) is 78.3 cm³/mol. The van der Waals surface area contributed by atoms with E-state index in [4.69, 9.17) is 10.5 Å². The number of benzene rings is 2. The van der Waals surface area contributed by atoms with E-state index in [1.54, 1.807) is 12.1 Å². The Balaban J connectivity index is 1.75. The van der Waals surface area contributed by atoms with Gasteiger partial charge in [0, 0.05) is 16.6 Å². The molecule has 0 aliphatic heterocycles. The van der Waals surface area contributed by atoms with Gasteiger partial charge in [-0.3, -0.25) is 0 Å². The number of aromatic amines is 1. The van der Waals surface area contributed by atoms with Gasteiger partial charge in [-0.25, -0.2) is 4.79 Å². The second-order valence-electron chi connectivity index (χ2n) is 4.59. The average Bonchev–Trinajstić information content (AvgIpc) is 2.89. The number of hydrogen-bond acceptors (Lipinski definition) is 3. The molecule has 0 saturated carbocycles. The van der Waals surface area contributed by atoms with E-state index in [9.17, 15) is 4.79 Å². The molecule has 3 aromatic rings. The zero-order valence-corrected chi connectivity index (χ0v) is 10.8. The van der Waals surface area contributed by atoms with E-state index in [0.29, 0.717) is 11.4 Å². The monoisotopic (exact) mass is 266 g/mol. The summed E-state index contributed by atoms with van der Waals surface area (Å²) in [5, 5.41) is 0.900. The first-order valence-electron chi connectivity index (χ1n) is 6.32. The van der Waals surface area contributed by atoms with Crippen molar-refractivity contribution in [3.05, 3.63) is 65.9 Å². The molecule has 0 unspecified atom stereocenters. The van der Waals surface area contributed by atoms with Crippen molar-refractivity contribution in [2.45, 2.75) is 6.61 Å². The highest BCUT2D eigenvalue weighted by Crippen LogP contribution is 2.19. The van der Waals surface area contributed by atoms with Crippen LogP contribution in [-0.2, 0) is 11.3 Å². The highest BCUT2D eigenvalue weighted by atomic mass is 16.5. The van der Waals surface area contributed by atoms with Crippen molar-refractivity contribution < 1.29 is 9.53 Å². The van der Waals surface area contributed by atoms with Crippen molar-refractivity contribution in [2.75, 3.05) is 5.73 Å². The quantitative estimate of drug-likeness (QED) is 0.565. The minimum Gasteiger partial charge on any atom is -0.456 e. The van der Waals surface area contributed by atoms with Crippen LogP contribution in [0.2, 0.25) is 0 Å². The molecule has 0 aliphatic rings. The SMILES string of the molecule is Nc1ccc2[nH]c(C(=O)OCc3ccccc3)cc2c1. The third-order valence-electron chi connectivity index (χ3n) is 3.08. The number of esters is 1. The van der Waals surface area contributed by atoms with Gasteiger partial charge < -0.3 is 15.5 Å². The maximum atomic E-state index is 12.0. The van der Waals surface area contributed by atoms with Crippen LogP contribution in [0, 0.1) is 0 Å². The molecule has 4 heteroatoms. The summed E-state index contributed by atoms with van der Waals surface area (Å²) in [7, 11) is 0. The number of aromatic nitrogens is 1. The fourth-order valence-electron chi connectivity index (χ4n) is 2.06. The summed E-state index contributed by atoms with van der Waals surface area (Å²) < 4.78 is 5.27. The van der Waals surface area contributed by atoms with Crippen molar-refractivity contribution in [3.8, 4) is 0 Å². The fraction of sp³-hybridized carbons (Fsp3) is 0.0625. The van der Waals surface area contributed by atoms with Gasteiger partial charge in [0.2, 0.25) is 0 Å². The molecular formula is C16H14N2O2. The maximum absolute atomic E-state index is 12.0. The van der Waals surface area contributed by atoms with Gasteiger partial charge >= 0.3 is 5.97 Å². The lowest BCUT2D eigenvalue weighted by Gasteiger charge is -2.02. The Bertz CT molecular complexity index is 748. The van der Waals surface area contributed by atoms with E-state index in [1.165, 1.54) is 0 Å².